The molecule has 2 aromatic rings. The monoisotopic (exact) mass is 230 g/mol. The van der Waals surface area contributed by atoms with Crippen LogP contribution in [-0.2, 0) is 6.42 Å². The first-order valence-corrected chi connectivity index (χ1v) is 5.38. The molecule has 2 rings (SSSR count). The van der Waals surface area contributed by atoms with Crippen LogP contribution in [0.3, 0.4) is 0 Å². The van der Waals surface area contributed by atoms with Crippen molar-refractivity contribution in [1.29, 1.82) is 0 Å². The third-order valence-electron chi connectivity index (χ3n) is 2.46. The number of aliphatic hydroxyl groups excluding tert-OH is 1. The zero-order chi connectivity index (χ0) is 12.1. The second-order valence-electron chi connectivity index (χ2n) is 3.63. The van der Waals surface area contributed by atoms with E-state index in [1.807, 2.05) is 18.2 Å². The third-order valence-corrected chi connectivity index (χ3v) is 2.46. The van der Waals surface area contributed by atoms with Gasteiger partial charge in [0, 0.05) is 24.5 Å². The van der Waals surface area contributed by atoms with Gasteiger partial charge in [-0.15, -0.1) is 0 Å². The van der Waals surface area contributed by atoms with E-state index in [1.54, 1.807) is 31.6 Å². The summed E-state index contributed by atoms with van der Waals surface area (Å²) < 4.78 is 5.16. The first kappa shape index (κ1) is 11.5. The average molecular weight is 230 g/mol. The van der Waals surface area contributed by atoms with Crippen molar-refractivity contribution in [2.24, 2.45) is 0 Å². The van der Waals surface area contributed by atoms with Crippen LogP contribution in [0.1, 0.15) is 17.5 Å². The lowest BCUT2D eigenvalue weighted by Crippen LogP contribution is -2.07. The normalized spacial score (nSPS) is 12.1. The van der Waals surface area contributed by atoms with Crippen LogP contribution >= 0.6 is 0 Å². The first-order chi connectivity index (χ1) is 8.31. The van der Waals surface area contributed by atoms with Gasteiger partial charge in [-0.3, -0.25) is 9.97 Å². The molecule has 0 aliphatic carbocycles. The number of pyridine rings is 2. The number of nitrogens with zero attached hydrogens (tertiary/aromatic N) is 2. The Morgan fingerprint density at radius 3 is 2.71 bits per heavy atom. The molecule has 2 aromatic heterocycles. The quantitative estimate of drug-likeness (QED) is 0.869. The topological polar surface area (TPSA) is 55.2 Å². The molecular weight excluding hydrogens is 216 g/mol. The summed E-state index contributed by atoms with van der Waals surface area (Å²) in [7, 11) is 1.56. The van der Waals surface area contributed by atoms with Crippen molar-refractivity contribution >= 4 is 0 Å². The van der Waals surface area contributed by atoms with Gasteiger partial charge >= 0.3 is 0 Å². The minimum absolute atomic E-state index is 0.425. The molecule has 0 saturated heterocycles. The van der Waals surface area contributed by atoms with Gasteiger partial charge < -0.3 is 9.84 Å². The molecule has 0 aliphatic rings. The van der Waals surface area contributed by atoms with E-state index < -0.39 is 6.10 Å². The molecule has 0 aliphatic heterocycles. The van der Waals surface area contributed by atoms with Crippen molar-refractivity contribution in [3.63, 3.8) is 0 Å². The van der Waals surface area contributed by atoms with Gasteiger partial charge in [-0.2, -0.15) is 0 Å². The van der Waals surface area contributed by atoms with Crippen LogP contribution in [-0.4, -0.2) is 22.2 Å². The zero-order valence-corrected chi connectivity index (χ0v) is 9.58. The Morgan fingerprint density at radius 1 is 1.18 bits per heavy atom. The van der Waals surface area contributed by atoms with Crippen LogP contribution in [0.5, 0.6) is 5.75 Å². The summed E-state index contributed by atoms with van der Waals surface area (Å²) in [6, 6.07) is 9.17. The molecule has 1 atom stereocenters. The maximum atomic E-state index is 10.1. The molecule has 0 bridgehead atoms. The molecule has 0 amide bonds. The fourth-order valence-corrected chi connectivity index (χ4v) is 1.64. The Hall–Kier alpha value is -1.94. The SMILES string of the molecule is COc1cccnc1C(O)Cc1ccccn1. The highest BCUT2D eigenvalue weighted by Gasteiger charge is 2.15. The molecule has 0 radical (unpaired) electrons. The number of methoxy groups -OCH3 is 1. The highest BCUT2D eigenvalue weighted by Crippen LogP contribution is 2.24. The highest BCUT2D eigenvalue weighted by atomic mass is 16.5. The van der Waals surface area contributed by atoms with Gasteiger partial charge in [0.15, 0.2) is 0 Å². The molecule has 4 heteroatoms. The summed E-state index contributed by atoms with van der Waals surface area (Å²) in [6.45, 7) is 0. The molecule has 17 heavy (non-hydrogen) atoms. The van der Waals surface area contributed by atoms with Crippen molar-refractivity contribution in [2.45, 2.75) is 12.5 Å². The number of hydrogen-bond acceptors (Lipinski definition) is 4. The number of ether oxygens (including phenoxy) is 1. The lowest BCUT2D eigenvalue weighted by Gasteiger charge is -2.12. The fourth-order valence-electron chi connectivity index (χ4n) is 1.64. The predicted molar refractivity (Wildman–Crippen MR) is 63.7 cm³/mol. The fraction of sp³-hybridized carbons (Fsp3) is 0.231. The Labute approximate surface area is 99.9 Å². The summed E-state index contributed by atoms with van der Waals surface area (Å²) in [5.74, 6) is 0.593. The lowest BCUT2D eigenvalue weighted by molar-refractivity contribution is 0.167. The number of aromatic nitrogens is 2. The number of rotatable bonds is 4. The van der Waals surface area contributed by atoms with Crippen LogP contribution in [0.4, 0.5) is 0 Å². The molecule has 0 fully saturated rings. The van der Waals surface area contributed by atoms with E-state index in [-0.39, 0.29) is 0 Å². The summed E-state index contributed by atoms with van der Waals surface area (Å²) >= 11 is 0. The Balaban J connectivity index is 2.17. The maximum absolute atomic E-state index is 10.1. The first-order valence-electron chi connectivity index (χ1n) is 5.38. The van der Waals surface area contributed by atoms with E-state index in [9.17, 15) is 5.11 Å². The van der Waals surface area contributed by atoms with E-state index >= 15 is 0 Å². The Kier molecular flexibility index (Phi) is 3.67. The molecule has 1 unspecified atom stereocenters. The van der Waals surface area contributed by atoms with Crippen molar-refractivity contribution < 1.29 is 9.84 Å². The summed E-state index contributed by atoms with van der Waals surface area (Å²) in [5.41, 5.74) is 1.37. The van der Waals surface area contributed by atoms with Gasteiger partial charge in [0.05, 0.1) is 7.11 Å². The molecule has 0 spiro atoms. The van der Waals surface area contributed by atoms with Gasteiger partial charge in [0.1, 0.15) is 17.5 Å². The van der Waals surface area contributed by atoms with E-state index in [4.69, 9.17) is 4.74 Å². The minimum Gasteiger partial charge on any atom is -0.495 e. The third kappa shape index (κ3) is 2.79. The van der Waals surface area contributed by atoms with Crippen LogP contribution in [0.25, 0.3) is 0 Å². The number of hydrogen-bond donors (Lipinski definition) is 1. The molecule has 1 N–H and O–H groups in total. The Morgan fingerprint density at radius 2 is 2.00 bits per heavy atom. The summed E-state index contributed by atoms with van der Waals surface area (Å²) in [5, 5.41) is 10.1. The second-order valence-corrected chi connectivity index (χ2v) is 3.63. The molecule has 0 aromatic carbocycles. The predicted octanol–water partition coefficient (Wildman–Crippen LogP) is 1.76. The van der Waals surface area contributed by atoms with Gasteiger partial charge in [-0.1, -0.05) is 6.07 Å². The zero-order valence-electron chi connectivity index (χ0n) is 9.58. The van der Waals surface area contributed by atoms with Crippen molar-refractivity contribution in [2.75, 3.05) is 7.11 Å². The van der Waals surface area contributed by atoms with E-state index in [0.29, 0.717) is 17.9 Å². The number of aliphatic hydroxyl groups is 1. The lowest BCUT2D eigenvalue weighted by atomic mass is 10.1. The van der Waals surface area contributed by atoms with Gasteiger partial charge in [0.25, 0.3) is 0 Å². The maximum Gasteiger partial charge on any atom is 0.143 e. The smallest absolute Gasteiger partial charge is 0.143 e. The van der Waals surface area contributed by atoms with E-state index in [1.165, 1.54) is 0 Å². The van der Waals surface area contributed by atoms with Gasteiger partial charge in [-0.05, 0) is 24.3 Å². The van der Waals surface area contributed by atoms with Crippen LogP contribution < -0.4 is 4.74 Å². The Bertz CT molecular complexity index is 474. The molecule has 88 valence electrons. The molecule has 2 heterocycles. The van der Waals surface area contributed by atoms with Crippen LogP contribution in [0, 0.1) is 0 Å². The minimum atomic E-state index is -0.707. The largest absolute Gasteiger partial charge is 0.495 e. The van der Waals surface area contributed by atoms with Gasteiger partial charge in [0.2, 0.25) is 0 Å². The standard InChI is InChI=1S/C13H14N2O2/c1-17-12-6-4-8-15-13(12)11(16)9-10-5-2-3-7-14-10/h2-8,11,16H,9H2,1H3. The molecule has 4 nitrogen and oxygen atoms in total. The van der Waals surface area contributed by atoms with Crippen molar-refractivity contribution in [3.8, 4) is 5.75 Å². The molecular formula is C13H14N2O2. The van der Waals surface area contributed by atoms with Crippen molar-refractivity contribution in [3.05, 3.63) is 54.1 Å². The highest BCUT2D eigenvalue weighted by molar-refractivity contribution is 5.29. The van der Waals surface area contributed by atoms with Crippen molar-refractivity contribution in [1.82, 2.24) is 9.97 Å². The van der Waals surface area contributed by atoms with Crippen LogP contribution in [0.2, 0.25) is 0 Å². The molecule has 0 saturated carbocycles. The second kappa shape index (κ2) is 5.41. The average Bonchev–Trinajstić information content (AvgIpc) is 2.40. The summed E-state index contributed by atoms with van der Waals surface area (Å²) in [6.07, 6.45) is 3.06. The summed E-state index contributed by atoms with van der Waals surface area (Å²) in [4.78, 5) is 8.31. The van der Waals surface area contributed by atoms with E-state index in [0.717, 1.165) is 5.69 Å². The van der Waals surface area contributed by atoms with Gasteiger partial charge in [-0.25, -0.2) is 0 Å². The van der Waals surface area contributed by atoms with E-state index in [2.05, 4.69) is 9.97 Å². The van der Waals surface area contributed by atoms with Crippen LogP contribution in [0.15, 0.2) is 42.7 Å².